The summed E-state index contributed by atoms with van der Waals surface area (Å²) in [5.41, 5.74) is 5.33. The number of aryl methyl sites for hydroxylation is 2. The molecule has 1 N–H and O–H groups in total. The molecule has 8 heteroatoms. The predicted molar refractivity (Wildman–Crippen MR) is 123 cm³/mol. The zero-order chi connectivity index (χ0) is 22.2. The Bertz CT molecular complexity index is 1250. The summed E-state index contributed by atoms with van der Waals surface area (Å²) >= 11 is 1.34. The number of fused-ring (bicyclic) bond motifs is 1. The van der Waals surface area contributed by atoms with Gasteiger partial charge in [-0.15, -0.1) is 10.2 Å². The van der Waals surface area contributed by atoms with E-state index in [1.54, 1.807) is 6.33 Å². The highest BCUT2D eigenvalue weighted by atomic mass is 32.2. The molecule has 1 amide bonds. The van der Waals surface area contributed by atoms with Crippen LogP contribution in [-0.4, -0.2) is 31.4 Å². The summed E-state index contributed by atoms with van der Waals surface area (Å²) in [5, 5.41) is 11.8. The number of nitrogens with zero attached hydrogens (tertiary/aromatic N) is 4. The Morgan fingerprint density at radius 3 is 2.68 bits per heavy atom. The van der Waals surface area contributed by atoms with E-state index in [1.807, 2.05) is 49.6 Å². The van der Waals surface area contributed by atoms with Crippen molar-refractivity contribution in [2.75, 3.05) is 11.1 Å². The van der Waals surface area contributed by atoms with Gasteiger partial charge in [0.1, 0.15) is 11.8 Å². The van der Waals surface area contributed by atoms with E-state index < -0.39 is 0 Å². The van der Waals surface area contributed by atoms with Gasteiger partial charge < -0.3 is 9.73 Å². The Balaban J connectivity index is 1.43. The number of anilines is 1. The summed E-state index contributed by atoms with van der Waals surface area (Å²) in [6.45, 7) is 10.3. The van der Waals surface area contributed by atoms with Crippen molar-refractivity contribution in [2.24, 2.45) is 0 Å². The first-order chi connectivity index (χ1) is 14.7. The third-order valence-corrected chi connectivity index (χ3v) is 5.87. The van der Waals surface area contributed by atoms with Gasteiger partial charge in [-0.05, 0) is 55.3 Å². The zero-order valence-electron chi connectivity index (χ0n) is 18.3. The molecule has 4 aromatic rings. The molecule has 0 aliphatic heterocycles. The van der Waals surface area contributed by atoms with Gasteiger partial charge >= 0.3 is 0 Å². The van der Waals surface area contributed by atoms with E-state index in [1.165, 1.54) is 22.9 Å². The van der Waals surface area contributed by atoms with E-state index in [-0.39, 0.29) is 17.1 Å². The lowest BCUT2D eigenvalue weighted by Gasteiger charge is -2.11. The van der Waals surface area contributed by atoms with Crippen LogP contribution in [-0.2, 0) is 10.2 Å². The Kier molecular flexibility index (Phi) is 5.58. The molecule has 0 unspecified atom stereocenters. The van der Waals surface area contributed by atoms with Gasteiger partial charge in [0, 0.05) is 16.8 Å². The summed E-state index contributed by atoms with van der Waals surface area (Å²) in [6, 6.07) is 11.7. The fraction of sp³-hybridized carbons (Fsp3) is 0.304. The number of carbonyl (C=O) groups excluding carboxylic acids is 1. The zero-order valence-corrected chi connectivity index (χ0v) is 19.1. The number of aromatic nitrogens is 4. The van der Waals surface area contributed by atoms with Crippen molar-refractivity contribution in [1.82, 2.24) is 19.7 Å². The lowest BCUT2D eigenvalue weighted by molar-refractivity contribution is -0.113. The van der Waals surface area contributed by atoms with Crippen LogP contribution in [0.5, 0.6) is 0 Å². The van der Waals surface area contributed by atoms with Gasteiger partial charge in [-0.2, -0.15) is 0 Å². The largest absolute Gasteiger partial charge is 0.440 e. The van der Waals surface area contributed by atoms with Gasteiger partial charge in [0.25, 0.3) is 0 Å². The maximum absolute atomic E-state index is 12.5. The summed E-state index contributed by atoms with van der Waals surface area (Å²) in [4.78, 5) is 17.1. The molecule has 2 aromatic heterocycles. The second-order valence-corrected chi connectivity index (χ2v) is 9.48. The SMILES string of the molecule is Cc1ccc(-n2cnnc2SCC(=O)Nc2ccc3oc(C(C)(C)C)nc3c2)cc1C. The number of amides is 1. The van der Waals surface area contributed by atoms with Gasteiger partial charge in [-0.3, -0.25) is 9.36 Å². The molecule has 0 saturated carbocycles. The van der Waals surface area contributed by atoms with E-state index >= 15 is 0 Å². The summed E-state index contributed by atoms with van der Waals surface area (Å²) in [7, 11) is 0. The number of hydrogen-bond acceptors (Lipinski definition) is 6. The molecule has 2 heterocycles. The quantitative estimate of drug-likeness (QED) is 0.441. The molecule has 160 valence electrons. The lowest BCUT2D eigenvalue weighted by Crippen LogP contribution is -2.14. The molecule has 0 aliphatic carbocycles. The number of rotatable bonds is 5. The van der Waals surface area contributed by atoms with Gasteiger partial charge in [0.05, 0.1) is 5.75 Å². The normalized spacial score (nSPS) is 11.8. The number of benzene rings is 2. The molecule has 0 radical (unpaired) electrons. The first-order valence-electron chi connectivity index (χ1n) is 10.0. The number of carbonyl (C=O) groups is 1. The molecular formula is C23H25N5O2S. The summed E-state index contributed by atoms with van der Waals surface area (Å²) in [5.74, 6) is 0.763. The molecule has 0 bridgehead atoms. The number of thioether (sulfide) groups is 1. The van der Waals surface area contributed by atoms with E-state index in [0.29, 0.717) is 22.3 Å². The molecule has 0 atom stereocenters. The molecule has 0 saturated heterocycles. The van der Waals surface area contributed by atoms with Crippen molar-refractivity contribution in [3.63, 3.8) is 0 Å². The van der Waals surface area contributed by atoms with E-state index in [4.69, 9.17) is 4.42 Å². The second-order valence-electron chi connectivity index (χ2n) is 8.54. The van der Waals surface area contributed by atoms with Crippen LogP contribution in [0.4, 0.5) is 5.69 Å². The maximum atomic E-state index is 12.5. The third-order valence-electron chi connectivity index (χ3n) is 4.93. The van der Waals surface area contributed by atoms with E-state index in [9.17, 15) is 4.79 Å². The first kappa shape index (κ1) is 21.1. The molecule has 31 heavy (non-hydrogen) atoms. The lowest BCUT2D eigenvalue weighted by atomic mass is 9.97. The van der Waals surface area contributed by atoms with Crippen molar-refractivity contribution >= 4 is 34.5 Å². The van der Waals surface area contributed by atoms with Crippen LogP contribution >= 0.6 is 11.8 Å². The molecule has 0 fully saturated rings. The van der Waals surface area contributed by atoms with Crippen molar-refractivity contribution in [3.05, 3.63) is 59.7 Å². The van der Waals surface area contributed by atoms with Crippen LogP contribution in [0.25, 0.3) is 16.8 Å². The Morgan fingerprint density at radius 2 is 1.94 bits per heavy atom. The summed E-state index contributed by atoms with van der Waals surface area (Å²) in [6.07, 6.45) is 1.66. The van der Waals surface area contributed by atoms with E-state index in [0.717, 1.165) is 11.2 Å². The number of nitrogens with one attached hydrogen (secondary N) is 1. The third kappa shape index (κ3) is 4.64. The number of oxazole rings is 1. The fourth-order valence-electron chi connectivity index (χ4n) is 3.03. The van der Waals surface area contributed by atoms with Gasteiger partial charge in [0.2, 0.25) is 11.8 Å². The number of hydrogen-bond donors (Lipinski definition) is 1. The predicted octanol–water partition coefficient (Wildman–Crippen LogP) is 5.05. The molecule has 4 rings (SSSR count). The van der Waals surface area contributed by atoms with Gasteiger partial charge in [0.15, 0.2) is 10.7 Å². The highest BCUT2D eigenvalue weighted by molar-refractivity contribution is 7.99. The maximum Gasteiger partial charge on any atom is 0.234 e. The molecule has 0 spiro atoms. The van der Waals surface area contributed by atoms with Gasteiger partial charge in [-0.1, -0.05) is 38.6 Å². The molecule has 2 aromatic carbocycles. The van der Waals surface area contributed by atoms with E-state index in [2.05, 4.69) is 46.5 Å². The Hall–Kier alpha value is -3.13. The highest BCUT2D eigenvalue weighted by Crippen LogP contribution is 2.27. The highest BCUT2D eigenvalue weighted by Gasteiger charge is 2.21. The molecular weight excluding hydrogens is 410 g/mol. The first-order valence-corrected chi connectivity index (χ1v) is 11.0. The fourth-order valence-corrected chi connectivity index (χ4v) is 3.76. The second kappa shape index (κ2) is 8.19. The minimum absolute atomic E-state index is 0.126. The minimum atomic E-state index is -0.176. The standard InChI is InChI=1S/C23H25N5O2S/c1-14-6-8-17(10-15(14)2)28-13-24-27-22(28)31-12-20(29)25-16-7-9-19-18(11-16)26-21(30-19)23(3,4)5/h6-11,13H,12H2,1-5H3,(H,25,29). The molecule has 0 aliphatic rings. The van der Waals surface area contributed by atoms with Crippen LogP contribution in [0.1, 0.15) is 37.8 Å². The topological polar surface area (TPSA) is 85.8 Å². The average molecular weight is 436 g/mol. The van der Waals surface area contributed by atoms with Crippen LogP contribution in [0.15, 0.2) is 52.3 Å². The van der Waals surface area contributed by atoms with Gasteiger partial charge in [-0.25, -0.2) is 4.98 Å². The van der Waals surface area contributed by atoms with Crippen molar-refractivity contribution in [3.8, 4) is 5.69 Å². The van der Waals surface area contributed by atoms with Crippen LogP contribution < -0.4 is 5.32 Å². The summed E-state index contributed by atoms with van der Waals surface area (Å²) < 4.78 is 7.70. The monoisotopic (exact) mass is 435 g/mol. The van der Waals surface area contributed by atoms with Crippen LogP contribution in [0, 0.1) is 13.8 Å². The molecule has 7 nitrogen and oxygen atoms in total. The van der Waals surface area contributed by atoms with Crippen molar-refractivity contribution in [2.45, 2.75) is 45.2 Å². The average Bonchev–Trinajstić information content (AvgIpc) is 3.35. The Labute approximate surface area is 185 Å². The Morgan fingerprint density at radius 1 is 1.13 bits per heavy atom. The minimum Gasteiger partial charge on any atom is -0.440 e. The van der Waals surface area contributed by atoms with Crippen molar-refractivity contribution in [1.29, 1.82) is 0 Å². The smallest absolute Gasteiger partial charge is 0.234 e. The van der Waals surface area contributed by atoms with Crippen molar-refractivity contribution < 1.29 is 9.21 Å². The van der Waals surface area contributed by atoms with Crippen LogP contribution in [0.2, 0.25) is 0 Å². The van der Waals surface area contributed by atoms with Crippen LogP contribution in [0.3, 0.4) is 0 Å².